The second-order valence-corrected chi connectivity index (χ2v) is 11.4. The summed E-state index contributed by atoms with van der Waals surface area (Å²) >= 11 is 7.21. The van der Waals surface area contributed by atoms with Crippen LogP contribution in [0.2, 0.25) is 0 Å². The van der Waals surface area contributed by atoms with E-state index in [0.717, 1.165) is 18.1 Å². The van der Waals surface area contributed by atoms with Gasteiger partial charge in [0.2, 0.25) is 0 Å². The van der Waals surface area contributed by atoms with Crippen LogP contribution in [0.15, 0.2) is 6.20 Å². The van der Waals surface area contributed by atoms with Crippen LogP contribution >= 0.6 is 45.7 Å². The zero-order valence-electron chi connectivity index (χ0n) is 12.4. The Bertz CT molecular complexity index is 538. The van der Waals surface area contributed by atoms with Gasteiger partial charge in [-0.05, 0) is 12.8 Å². The summed E-state index contributed by atoms with van der Waals surface area (Å²) in [6.07, 6.45) is 13.6. The molecule has 122 valence electrons. The third-order valence-corrected chi connectivity index (χ3v) is 7.25. The molecule has 0 bridgehead atoms. The van der Waals surface area contributed by atoms with E-state index in [0.29, 0.717) is 0 Å². The van der Waals surface area contributed by atoms with Crippen LogP contribution in [0.1, 0.15) is 69.1 Å². The van der Waals surface area contributed by atoms with Crippen LogP contribution in [0.5, 0.6) is 0 Å². The van der Waals surface area contributed by atoms with E-state index in [1.807, 2.05) is 0 Å². The van der Waals surface area contributed by atoms with Crippen LogP contribution < -0.4 is 0 Å². The molecule has 0 spiro atoms. The predicted molar refractivity (Wildman–Crippen MR) is 99.1 cm³/mol. The molecule has 0 atom stereocenters. The topological polar surface area (TPSA) is 13.1 Å². The second kappa shape index (κ2) is 7.47. The number of hydrogen-bond donors (Lipinski definition) is 0. The molecule has 6 heteroatoms. The van der Waals surface area contributed by atoms with Crippen molar-refractivity contribution >= 4 is 45.7 Å². The van der Waals surface area contributed by atoms with E-state index >= 15 is 0 Å². The number of rotatable bonds is 3. The maximum absolute atomic E-state index is 2.51. The molecule has 3 aliphatic carbocycles. The molecule has 0 aliphatic heterocycles. The molecule has 3 saturated carbocycles. The standard InChI is InChI=1S/C10H14N2.C5H9I2N.Pt/c1-8-6-11(9-2-3-9)7-12(8)10-4-5-10;6-8(7)5-3-1-2-4-5;/h6,9-10H,2-5H2,1H3;5H,1-4H2;. The van der Waals surface area contributed by atoms with Crippen LogP contribution in [0.3, 0.4) is 0 Å². The molecule has 0 radical (unpaired) electrons. The number of aryl methyl sites for hydroxylation is 1. The fourth-order valence-electron chi connectivity index (χ4n) is 3.03. The molecule has 1 heterocycles. The van der Waals surface area contributed by atoms with Gasteiger partial charge < -0.3 is 0 Å². The first-order valence-corrected chi connectivity index (χ1v) is 11.0. The van der Waals surface area contributed by atoms with Crippen molar-refractivity contribution in [2.75, 3.05) is 0 Å². The Balaban J connectivity index is 0.000000143. The fraction of sp³-hybridized carbons (Fsp3) is 0.800. The molecule has 0 N–H and O–H groups in total. The van der Waals surface area contributed by atoms with Gasteiger partial charge in [0.15, 0.2) is 0 Å². The van der Waals surface area contributed by atoms with Crippen molar-refractivity contribution in [2.24, 2.45) is 0 Å². The summed E-state index contributed by atoms with van der Waals surface area (Å²) in [5, 5.41) is 0. The molecule has 3 nitrogen and oxygen atoms in total. The molecule has 0 amide bonds. The summed E-state index contributed by atoms with van der Waals surface area (Å²) in [7, 11) is 0. The van der Waals surface area contributed by atoms with Gasteiger partial charge in [-0.1, -0.05) is 12.8 Å². The van der Waals surface area contributed by atoms with E-state index in [-0.39, 0.29) is 0 Å². The third-order valence-electron chi connectivity index (χ3n) is 4.54. The zero-order valence-corrected chi connectivity index (χ0v) is 19.0. The quantitative estimate of drug-likeness (QED) is 0.311. The van der Waals surface area contributed by atoms with Gasteiger partial charge in [-0.3, -0.25) is 0 Å². The van der Waals surface area contributed by atoms with Crippen LogP contribution in [-0.4, -0.2) is 16.5 Å². The van der Waals surface area contributed by atoms with E-state index < -0.39 is 0 Å². The molecule has 1 aromatic rings. The van der Waals surface area contributed by atoms with Crippen molar-refractivity contribution in [3.05, 3.63) is 15.7 Å². The molecule has 0 saturated heterocycles. The van der Waals surface area contributed by atoms with Gasteiger partial charge >= 0.3 is 88.9 Å². The molecular formula is C15H23I2N3Pt. The van der Waals surface area contributed by atoms with Gasteiger partial charge in [0.1, 0.15) is 0 Å². The molecule has 0 unspecified atom stereocenters. The molecule has 3 aliphatic rings. The Morgan fingerprint density at radius 2 is 1.62 bits per heavy atom. The smallest absolute Gasteiger partial charge is 0.0311 e. The molecule has 1 aromatic heterocycles. The second-order valence-electron chi connectivity index (χ2n) is 6.45. The Morgan fingerprint density at radius 3 is 2.05 bits per heavy atom. The van der Waals surface area contributed by atoms with Crippen molar-refractivity contribution in [3.63, 3.8) is 0 Å². The zero-order chi connectivity index (χ0) is 15.0. The summed E-state index contributed by atoms with van der Waals surface area (Å²) in [6.45, 7) is 2.24. The fourth-order valence-corrected chi connectivity index (χ4v) is 5.52. The molecular weight excluding hydrogens is 671 g/mol. The van der Waals surface area contributed by atoms with Crippen LogP contribution in [0.25, 0.3) is 0 Å². The van der Waals surface area contributed by atoms with E-state index in [1.165, 1.54) is 60.9 Å². The Morgan fingerprint density at radius 1 is 1.05 bits per heavy atom. The maximum Gasteiger partial charge on any atom is 0.0311 e. The summed E-state index contributed by atoms with van der Waals surface area (Å²) < 4.78 is 8.71. The first-order valence-electron chi connectivity index (χ1n) is 7.94. The van der Waals surface area contributed by atoms with Crippen molar-refractivity contribution in [2.45, 2.75) is 76.4 Å². The molecule has 0 aromatic carbocycles. The normalized spacial score (nSPS) is 22.6. The Hall–Kier alpha value is 1.32. The van der Waals surface area contributed by atoms with Gasteiger partial charge in [0.05, 0.1) is 0 Å². The van der Waals surface area contributed by atoms with Crippen molar-refractivity contribution in [3.8, 4) is 0 Å². The molecule has 21 heavy (non-hydrogen) atoms. The van der Waals surface area contributed by atoms with E-state index in [2.05, 4.69) is 88.7 Å². The van der Waals surface area contributed by atoms with Crippen molar-refractivity contribution in [1.82, 2.24) is 10.5 Å². The average Bonchev–Trinajstić information content (AvgIpc) is 3.37. The largest absolute Gasteiger partial charge is 0.185 e. The van der Waals surface area contributed by atoms with E-state index in [1.54, 1.807) is 0 Å². The minimum atomic E-state index is 0.825. The first-order chi connectivity index (χ1) is 10.1. The summed E-state index contributed by atoms with van der Waals surface area (Å²) in [5.41, 5.74) is 1.44. The molecule has 3 fully saturated rings. The van der Waals surface area contributed by atoms with Crippen LogP contribution in [0.4, 0.5) is 0 Å². The van der Waals surface area contributed by atoms with Crippen molar-refractivity contribution in [1.29, 1.82) is 0 Å². The third kappa shape index (κ3) is 4.44. The predicted octanol–water partition coefficient (Wildman–Crippen LogP) is 5.28. The van der Waals surface area contributed by atoms with Gasteiger partial charge in [-0.25, -0.2) is 0 Å². The van der Waals surface area contributed by atoms with Crippen molar-refractivity contribution < 1.29 is 19.4 Å². The van der Waals surface area contributed by atoms with Gasteiger partial charge in [0, 0.05) is 51.8 Å². The average molecular weight is 694 g/mol. The number of aromatic nitrogens is 2. The number of hydrogen-bond acceptors (Lipinski definition) is 1. The molecule has 4 rings (SSSR count). The van der Waals surface area contributed by atoms with Gasteiger partial charge in [0.25, 0.3) is 0 Å². The minimum Gasteiger partial charge on any atom is -0.185 e. The van der Waals surface area contributed by atoms with Gasteiger partial charge in [-0.2, -0.15) is 1.33 Å². The summed E-state index contributed by atoms with van der Waals surface area (Å²) in [6, 6.07) is 2.52. The van der Waals surface area contributed by atoms with Crippen LogP contribution in [0, 0.1) is 10.7 Å². The van der Waals surface area contributed by atoms with E-state index in [9.17, 15) is 0 Å². The number of imidazole rings is 1. The maximum atomic E-state index is 2.51. The summed E-state index contributed by atoms with van der Waals surface area (Å²) in [5.74, 6) is 0. The number of halogens is 2. The number of nitrogens with zero attached hydrogens (tertiary/aromatic N) is 3. The Labute approximate surface area is 166 Å². The van der Waals surface area contributed by atoms with E-state index in [4.69, 9.17) is 0 Å². The Kier molecular flexibility index (Phi) is 6.10. The SMILES string of the molecule is Cc1cn(C2CC2)[c](=[Pt])n1C1CC1.IN(I)C1CCCC1. The monoisotopic (exact) mass is 694 g/mol. The summed E-state index contributed by atoms with van der Waals surface area (Å²) in [4.78, 5) is 0. The first kappa shape index (κ1) is 17.2. The minimum absolute atomic E-state index is 0.825. The van der Waals surface area contributed by atoms with Gasteiger partial charge in [-0.15, -0.1) is 0 Å². The van der Waals surface area contributed by atoms with Crippen LogP contribution in [-0.2, 0) is 19.4 Å².